The van der Waals surface area contributed by atoms with Crippen molar-refractivity contribution < 1.29 is 14.3 Å². The highest BCUT2D eigenvalue weighted by Crippen LogP contribution is 2.16. The molecule has 2 aromatic carbocycles. The van der Waals surface area contributed by atoms with Crippen LogP contribution in [0.25, 0.3) is 0 Å². The molecule has 0 spiro atoms. The molecule has 1 aromatic heterocycles. The minimum absolute atomic E-state index is 0.118. The van der Waals surface area contributed by atoms with Crippen LogP contribution in [0.4, 0.5) is 5.69 Å². The molecule has 0 bridgehead atoms. The highest BCUT2D eigenvalue weighted by molar-refractivity contribution is 7.09. The van der Waals surface area contributed by atoms with Crippen molar-refractivity contribution in [2.24, 2.45) is 0 Å². The van der Waals surface area contributed by atoms with Crippen molar-refractivity contribution in [1.82, 2.24) is 10.2 Å². The Morgan fingerprint density at radius 2 is 1.94 bits per heavy atom. The van der Waals surface area contributed by atoms with Crippen LogP contribution in [-0.2, 0) is 22.6 Å². The lowest BCUT2D eigenvalue weighted by atomic mass is 10.1. The molecular weight excluding hydrogens is 422 g/mol. The first kappa shape index (κ1) is 22.2. The molecule has 1 atom stereocenters. The van der Waals surface area contributed by atoms with Crippen LogP contribution in [0.2, 0.25) is 0 Å². The molecule has 1 unspecified atom stereocenters. The third-order valence-electron chi connectivity index (χ3n) is 5.30. The smallest absolute Gasteiger partial charge is 0.251 e. The van der Waals surface area contributed by atoms with Gasteiger partial charge in [0, 0.05) is 35.8 Å². The second kappa shape index (κ2) is 11.0. The molecule has 0 radical (unpaired) electrons. The molecule has 2 N–H and O–H groups in total. The summed E-state index contributed by atoms with van der Waals surface area (Å²) in [5.41, 5.74) is 2.38. The monoisotopic (exact) mass is 449 g/mol. The molecular formula is C25H27N3O3S. The fraction of sp³-hybridized carbons (Fsp3) is 0.280. The number of ether oxygens (including phenoxy) is 1. The van der Waals surface area contributed by atoms with E-state index in [1.54, 1.807) is 35.6 Å². The van der Waals surface area contributed by atoms with Crippen LogP contribution in [0.3, 0.4) is 0 Å². The van der Waals surface area contributed by atoms with Crippen LogP contribution in [0.1, 0.15) is 27.2 Å². The third-order valence-corrected chi connectivity index (χ3v) is 6.17. The Morgan fingerprint density at radius 1 is 1.06 bits per heavy atom. The van der Waals surface area contributed by atoms with Crippen molar-refractivity contribution in [3.05, 3.63) is 88.1 Å². The van der Waals surface area contributed by atoms with Crippen LogP contribution in [0.15, 0.2) is 72.1 Å². The Morgan fingerprint density at radius 3 is 2.75 bits per heavy atom. The van der Waals surface area contributed by atoms with E-state index in [0.717, 1.165) is 18.0 Å². The number of amides is 2. The van der Waals surface area contributed by atoms with Gasteiger partial charge in [-0.1, -0.05) is 42.5 Å². The lowest BCUT2D eigenvalue weighted by molar-refractivity contribution is -0.121. The zero-order chi connectivity index (χ0) is 22.2. The van der Waals surface area contributed by atoms with E-state index in [2.05, 4.69) is 27.7 Å². The number of anilines is 1. The number of morpholine rings is 1. The topological polar surface area (TPSA) is 70.7 Å². The van der Waals surface area contributed by atoms with Crippen molar-refractivity contribution in [1.29, 1.82) is 0 Å². The van der Waals surface area contributed by atoms with Gasteiger partial charge in [-0.05, 0) is 35.2 Å². The molecule has 1 saturated heterocycles. The Hall–Kier alpha value is -3.00. The van der Waals surface area contributed by atoms with Gasteiger partial charge in [0.25, 0.3) is 5.91 Å². The fourth-order valence-electron chi connectivity index (χ4n) is 3.73. The van der Waals surface area contributed by atoms with Gasteiger partial charge >= 0.3 is 0 Å². The van der Waals surface area contributed by atoms with E-state index in [4.69, 9.17) is 4.74 Å². The molecule has 1 aliphatic heterocycles. The molecule has 7 heteroatoms. The van der Waals surface area contributed by atoms with Crippen LogP contribution in [0.5, 0.6) is 0 Å². The number of benzene rings is 2. The van der Waals surface area contributed by atoms with Crippen molar-refractivity contribution in [2.75, 3.05) is 25.0 Å². The van der Waals surface area contributed by atoms with Gasteiger partial charge in [0.05, 0.1) is 25.7 Å². The Labute approximate surface area is 192 Å². The maximum atomic E-state index is 12.6. The number of rotatable bonds is 8. The summed E-state index contributed by atoms with van der Waals surface area (Å²) in [6, 6.07) is 21.3. The quantitative estimate of drug-likeness (QED) is 0.547. The Kier molecular flexibility index (Phi) is 7.66. The van der Waals surface area contributed by atoms with E-state index in [1.165, 1.54) is 5.56 Å². The van der Waals surface area contributed by atoms with Gasteiger partial charge in [0.1, 0.15) is 0 Å². The number of nitrogens with one attached hydrogen (secondary N) is 2. The van der Waals surface area contributed by atoms with Gasteiger partial charge in [-0.25, -0.2) is 0 Å². The number of carbonyl (C=O) groups excluding carboxylic acids is 2. The minimum atomic E-state index is -0.165. The van der Waals surface area contributed by atoms with E-state index in [-0.39, 0.29) is 24.3 Å². The van der Waals surface area contributed by atoms with Gasteiger partial charge in [0.2, 0.25) is 5.91 Å². The van der Waals surface area contributed by atoms with E-state index >= 15 is 0 Å². The van der Waals surface area contributed by atoms with E-state index in [9.17, 15) is 9.59 Å². The predicted molar refractivity (Wildman–Crippen MR) is 127 cm³/mol. The molecule has 2 amide bonds. The van der Waals surface area contributed by atoms with E-state index in [0.29, 0.717) is 30.9 Å². The maximum Gasteiger partial charge on any atom is 0.251 e. The zero-order valence-electron chi connectivity index (χ0n) is 17.8. The summed E-state index contributed by atoms with van der Waals surface area (Å²) in [5, 5.41) is 7.79. The molecule has 4 rings (SSSR count). The largest absolute Gasteiger partial charge is 0.375 e. The van der Waals surface area contributed by atoms with Crippen LogP contribution in [0, 0.1) is 0 Å². The van der Waals surface area contributed by atoms with Gasteiger partial charge in [-0.3, -0.25) is 14.5 Å². The zero-order valence-corrected chi connectivity index (χ0v) is 18.6. The van der Waals surface area contributed by atoms with Crippen molar-refractivity contribution in [3.63, 3.8) is 0 Å². The second-order valence-corrected chi connectivity index (χ2v) is 8.84. The highest BCUT2D eigenvalue weighted by Gasteiger charge is 2.23. The third kappa shape index (κ3) is 6.50. The summed E-state index contributed by atoms with van der Waals surface area (Å²) >= 11 is 1.60. The SMILES string of the molecule is O=C(CC1CN(Cc2ccccc2)CCO1)Nc1cccc(C(=O)NCc2cccs2)c1. The number of hydrogen-bond acceptors (Lipinski definition) is 5. The second-order valence-electron chi connectivity index (χ2n) is 7.81. The molecule has 1 fully saturated rings. The van der Waals surface area contributed by atoms with Crippen molar-refractivity contribution >= 4 is 28.8 Å². The Bertz CT molecular complexity index is 1020. The molecule has 1 aliphatic rings. The summed E-state index contributed by atoms with van der Waals surface area (Å²) in [4.78, 5) is 28.4. The first-order chi connectivity index (χ1) is 15.7. The maximum absolute atomic E-state index is 12.6. The van der Waals surface area contributed by atoms with Gasteiger partial charge in [-0.15, -0.1) is 11.3 Å². The molecule has 0 saturated carbocycles. The number of nitrogens with zero attached hydrogens (tertiary/aromatic N) is 1. The molecule has 6 nitrogen and oxygen atoms in total. The lowest BCUT2D eigenvalue weighted by Gasteiger charge is -2.32. The van der Waals surface area contributed by atoms with Gasteiger partial charge < -0.3 is 15.4 Å². The van der Waals surface area contributed by atoms with Gasteiger partial charge in [0.15, 0.2) is 0 Å². The molecule has 2 heterocycles. The van der Waals surface area contributed by atoms with Gasteiger partial charge in [-0.2, -0.15) is 0 Å². The number of carbonyl (C=O) groups is 2. The average Bonchev–Trinajstić information content (AvgIpc) is 3.32. The first-order valence-corrected chi connectivity index (χ1v) is 11.6. The summed E-state index contributed by atoms with van der Waals surface area (Å²) in [6.07, 6.45) is 0.129. The first-order valence-electron chi connectivity index (χ1n) is 10.7. The number of hydrogen-bond donors (Lipinski definition) is 2. The summed E-state index contributed by atoms with van der Waals surface area (Å²) in [7, 11) is 0. The summed E-state index contributed by atoms with van der Waals surface area (Å²) in [6.45, 7) is 3.53. The normalized spacial score (nSPS) is 16.4. The summed E-state index contributed by atoms with van der Waals surface area (Å²) in [5.74, 6) is -0.283. The van der Waals surface area contributed by atoms with Crippen molar-refractivity contribution in [3.8, 4) is 0 Å². The average molecular weight is 450 g/mol. The summed E-state index contributed by atoms with van der Waals surface area (Å²) < 4.78 is 5.82. The minimum Gasteiger partial charge on any atom is -0.375 e. The van der Waals surface area contributed by atoms with Crippen LogP contribution in [-0.4, -0.2) is 42.5 Å². The Balaban J connectivity index is 1.27. The molecule has 3 aromatic rings. The van der Waals surface area contributed by atoms with Crippen LogP contribution < -0.4 is 10.6 Å². The molecule has 32 heavy (non-hydrogen) atoms. The molecule has 0 aliphatic carbocycles. The predicted octanol–water partition coefficient (Wildman–Crippen LogP) is 3.91. The number of thiophene rings is 1. The standard InChI is InChI=1S/C25H27N3O3S/c29-24(15-22-18-28(11-12-31-22)17-19-6-2-1-3-7-19)27-21-9-4-8-20(14-21)25(30)26-16-23-10-5-13-32-23/h1-10,13-14,22H,11-12,15-18H2,(H,26,30)(H,27,29). The van der Waals surface area contributed by atoms with Crippen LogP contribution >= 0.6 is 11.3 Å². The fourth-order valence-corrected chi connectivity index (χ4v) is 4.37. The van der Waals surface area contributed by atoms with E-state index in [1.807, 2.05) is 35.7 Å². The lowest BCUT2D eigenvalue weighted by Crippen LogP contribution is -2.43. The van der Waals surface area contributed by atoms with E-state index < -0.39 is 0 Å². The van der Waals surface area contributed by atoms with Crippen molar-refractivity contribution in [2.45, 2.75) is 25.6 Å². The highest BCUT2D eigenvalue weighted by atomic mass is 32.1. The molecule has 166 valence electrons.